The number of rotatable bonds is 8. The first-order chi connectivity index (χ1) is 15.6. The summed E-state index contributed by atoms with van der Waals surface area (Å²) in [6.45, 7) is 5.53. The summed E-state index contributed by atoms with van der Waals surface area (Å²) < 4.78 is 0. The summed E-state index contributed by atoms with van der Waals surface area (Å²) in [5.41, 5.74) is 0.692. The first-order valence-corrected chi connectivity index (χ1v) is 12.0. The molecule has 0 bridgehead atoms. The molecule has 2 aromatic rings. The number of aliphatic carboxylic acids is 1. The van der Waals surface area contributed by atoms with Gasteiger partial charge in [0.25, 0.3) is 0 Å². The van der Waals surface area contributed by atoms with Gasteiger partial charge in [0.2, 0.25) is 5.91 Å². The molecule has 0 spiro atoms. The van der Waals surface area contributed by atoms with Crippen LogP contribution in [0.5, 0.6) is 0 Å². The predicted molar refractivity (Wildman–Crippen MR) is 131 cm³/mol. The van der Waals surface area contributed by atoms with Crippen molar-refractivity contribution < 1.29 is 19.8 Å². The lowest BCUT2D eigenvalue weighted by Crippen LogP contribution is -2.58. The van der Waals surface area contributed by atoms with Crippen molar-refractivity contribution in [1.82, 2.24) is 4.90 Å². The largest absolute Gasteiger partial charge is 0.481 e. The van der Waals surface area contributed by atoms with E-state index in [-0.39, 0.29) is 30.8 Å². The van der Waals surface area contributed by atoms with Gasteiger partial charge in [0.15, 0.2) is 0 Å². The van der Waals surface area contributed by atoms with Gasteiger partial charge in [-0.25, -0.2) is 0 Å². The molecule has 0 saturated carbocycles. The molecule has 2 N–H and O–H groups in total. The van der Waals surface area contributed by atoms with Gasteiger partial charge in [0.05, 0.1) is 30.5 Å². The number of carbonyl (C=O) groups is 2. The summed E-state index contributed by atoms with van der Waals surface area (Å²) in [5.74, 6) is -1.47. The van der Waals surface area contributed by atoms with Crippen LogP contribution >= 0.6 is 23.2 Å². The van der Waals surface area contributed by atoms with E-state index in [1.807, 2.05) is 44.2 Å². The fourth-order valence-electron chi connectivity index (χ4n) is 5.06. The molecular weight excluding hydrogens is 461 g/mol. The molecule has 2 unspecified atom stereocenters. The van der Waals surface area contributed by atoms with E-state index in [0.717, 1.165) is 17.5 Å². The minimum absolute atomic E-state index is 0.0148. The Bertz CT molecular complexity index is 996. The van der Waals surface area contributed by atoms with Crippen molar-refractivity contribution in [1.29, 1.82) is 0 Å². The molecule has 5 atom stereocenters. The van der Waals surface area contributed by atoms with Crippen LogP contribution in [0.2, 0.25) is 10.0 Å². The van der Waals surface area contributed by atoms with Crippen LogP contribution < -0.4 is 0 Å². The first-order valence-electron chi connectivity index (χ1n) is 11.3. The smallest absolute Gasteiger partial charge is 0.304 e. The maximum absolute atomic E-state index is 14.0. The minimum atomic E-state index is -1.12. The normalized spacial score (nSPS) is 25.0. The molecule has 5 nitrogen and oxygen atoms in total. The number of hydrogen-bond donors (Lipinski definition) is 2. The van der Waals surface area contributed by atoms with Crippen molar-refractivity contribution in [3.63, 3.8) is 0 Å². The van der Waals surface area contributed by atoms with Gasteiger partial charge >= 0.3 is 5.97 Å². The van der Waals surface area contributed by atoms with Crippen LogP contribution in [0.25, 0.3) is 0 Å². The molecule has 1 heterocycles. The van der Waals surface area contributed by atoms with Crippen molar-refractivity contribution in [2.24, 2.45) is 11.3 Å². The summed E-state index contributed by atoms with van der Waals surface area (Å²) in [6.07, 6.45) is 0.826. The molecule has 1 saturated heterocycles. The Balaban J connectivity index is 2.25. The second-order valence-electron chi connectivity index (χ2n) is 9.34. The van der Waals surface area contributed by atoms with Crippen molar-refractivity contribution in [3.05, 3.63) is 69.7 Å². The van der Waals surface area contributed by atoms with Gasteiger partial charge < -0.3 is 15.1 Å². The van der Waals surface area contributed by atoms with Crippen molar-refractivity contribution in [2.75, 3.05) is 6.61 Å². The van der Waals surface area contributed by atoms with Gasteiger partial charge in [-0.15, -0.1) is 0 Å². The third-order valence-corrected chi connectivity index (χ3v) is 7.46. The van der Waals surface area contributed by atoms with E-state index in [0.29, 0.717) is 16.5 Å². The zero-order valence-electron chi connectivity index (χ0n) is 19.2. The molecule has 1 aliphatic heterocycles. The van der Waals surface area contributed by atoms with E-state index >= 15 is 0 Å². The molecule has 3 rings (SSSR count). The molecule has 2 aromatic carbocycles. The van der Waals surface area contributed by atoms with Gasteiger partial charge in [0, 0.05) is 16.0 Å². The van der Waals surface area contributed by atoms with Crippen molar-refractivity contribution in [2.45, 2.75) is 58.0 Å². The zero-order valence-corrected chi connectivity index (χ0v) is 20.7. The number of piperidine rings is 1. The molecular formula is C26H31Cl2NO4. The minimum Gasteiger partial charge on any atom is -0.481 e. The lowest BCUT2D eigenvalue weighted by molar-refractivity contribution is -0.163. The molecule has 33 heavy (non-hydrogen) atoms. The molecule has 1 amide bonds. The van der Waals surface area contributed by atoms with E-state index in [1.54, 1.807) is 30.0 Å². The Morgan fingerprint density at radius 2 is 1.82 bits per heavy atom. The predicted octanol–water partition coefficient (Wildman–Crippen LogP) is 5.94. The van der Waals surface area contributed by atoms with Gasteiger partial charge in [-0.1, -0.05) is 74.7 Å². The molecule has 1 aliphatic rings. The van der Waals surface area contributed by atoms with Crippen LogP contribution in [0.4, 0.5) is 0 Å². The summed E-state index contributed by atoms with van der Waals surface area (Å²) in [5, 5.41) is 21.2. The van der Waals surface area contributed by atoms with Crippen LogP contribution in [0.15, 0.2) is 48.5 Å². The van der Waals surface area contributed by atoms with Crippen LogP contribution in [0.3, 0.4) is 0 Å². The Hall–Kier alpha value is -2.08. The lowest BCUT2D eigenvalue weighted by Gasteiger charge is -2.52. The molecule has 0 aliphatic carbocycles. The summed E-state index contributed by atoms with van der Waals surface area (Å²) in [6, 6.07) is 14.0. The van der Waals surface area contributed by atoms with Crippen molar-refractivity contribution >= 4 is 35.1 Å². The summed E-state index contributed by atoms with van der Waals surface area (Å²) in [4.78, 5) is 27.5. The third-order valence-electron chi connectivity index (χ3n) is 6.98. The fourth-order valence-corrected chi connectivity index (χ4v) is 5.38. The van der Waals surface area contributed by atoms with Crippen LogP contribution in [0, 0.1) is 11.3 Å². The number of amides is 1. The highest BCUT2D eigenvalue weighted by atomic mass is 35.5. The van der Waals surface area contributed by atoms with Crippen LogP contribution in [-0.4, -0.2) is 39.6 Å². The number of aliphatic hydroxyl groups excluding tert-OH is 1. The van der Waals surface area contributed by atoms with Gasteiger partial charge in [-0.05, 0) is 47.7 Å². The fraction of sp³-hybridized carbons (Fsp3) is 0.462. The second-order valence-corrected chi connectivity index (χ2v) is 10.2. The van der Waals surface area contributed by atoms with E-state index in [1.165, 1.54) is 0 Å². The highest BCUT2D eigenvalue weighted by molar-refractivity contribution is 6.30. The summed E-state index contributed by atoms with van der Waals surface area (Å²) >= 11 is 12.5. The number of carboxylic acids is 1. The van der Waals surface area contributed by atoms with Gasteiger partial charge in [0.1, 0.15) is 0 Å². The number of carboxylic acid groups (broad SMARTS) is 1. The third kappa shape index (κ3) is 5.37. The van der Waals surface area contributed by atoms with E-state index in [9.17, 15) is 19.8 Å². The zero-order chi connectivity index (χ0) is 24.3. The molecule has 1 fully saturated rings. The molecule has 0 radical (unpaired) electrons. The van der Waals surface area contributed by atoms with Gasteiger partial charge in [-0.3, -0.25) is 9.59 Å². The van der Waals surface area contributed by atoms with E-state index in [4.69, 9.17) is 23.2 Å². The number of likely N-dealkylation sites (tertiary alicyclic amines) is 1. The first kappa shape index (κ1) is 25.5. The Morgan fingerprint density at radius 1 is 1.15 bits per heavy atom. The number of hydrogen-bond acceptors (Lipinski definition) is 3. The number of carbonyl (C=O) groups excluding carboxylic acids is 1. The average Bonchev–Trinajstić information content (AvgIpc) is 2.77. The van der Waals surface area contributed by atoms with Gasteiger partial charge in [-0.2, -0.15) is 0 Å². The second kappa shape index (κ2) is 10.5. The quantitative estimate of drug-likeness (QED) is 0.478. The highest BCUT2D eigenvalue weighted by Crippen LogP contribution is 2.52. The molecule has 178 valence electrons. The average molecular weight is 492 g/mol. The number of nitrogens with zero attached hydrogens (tertiary/aromatic N) is 1. The maximum atomic E-state index is 14.0. The SMILES string of the molecule is CCC(C)[C@@H](CO)N1C(=O)[C@@](C)(CC(=O)O)C[C@H](c2cccc(Cl)c2)C1c1ccc(Cl)cc1. The van der Waals surface area contributed by atoms with E-state index < -0.39 is 23.5 Å². The summed E-state index contributed by atoms with van der Waals surface area (Å²) in [7, 11) is 0. The molecule has 7 heteroatoms. The monoisotopic (exact) mass is 491 g/mol. The standard InChI is InChI=1S/C26H31Cl2NO4/c1-4-16(2)22(15-30)29-24(17-8-10-19(27)11-9-17)21(18-6-5-7-20(28)12-18)13-26(3,25(29)33)14-23(31)32/h5-12,16,21-22,24,30H,4,13-15H2,1-3H3,(H,31,32)/t16?,21-,22-,24?,26-/m1/s1. The Labute approximate surface area is 205 Å². The number of benzene rings is 2. The Morgan fingerprint density at radius 3 is 2.36 bits per heavy atom. The van der Waals surface area contributed by atoms with E-state index in [2.05, 4.69) is 0 Å². The van der Waals surface area contributed by atoms with Crippen LogP contribution in [0.1, 0.15) is 63.1 Å². The van der Waals surface area contributed by atoms with Crippen molar-refractivity contribution in [3.8, 4) is 0 Å². The van der Waals surface area contributed by atoms with Crippen LogP contribution in [-0.2, 0) is 9.59 Å². The Kier molecular flexibility index (Phi) is 8.09. The lowest BCUT2D eigenvalue weighted by atomic mass is 9.66. The number of halogens is 2. The molecule has 0 aromatic heterocycles. The topological polar surface area (TPSA) is 77.8 Å². The number of aliphatic hydroxyl groups is 1. The maximum Gasteiger partial charge on any atom is 0.304 e. The highest BCUT2D eigenvalue weighted by Gasteiger charge is 2.52.